The minimum absolute atomic E-state index is 0.0736. The Labute approximate surface area is 109 Å². The zero-order chi connectivity index (χ0) is 12.8. The molecule has 0 aliphatic heterocycles. The van der Waals surface area contributed by atoms with Gasteiger partial charge in [0.05, 0.1) is 0 Å². The van der Waals surface area contributed by atoms with Crippen LogP contribution in [0.3, 0.4) is 0 Å². The first-order valence-corrected chi connectivity index (χ1v) is 6.62. The van der Waals surface area contributed by atoms with Crippen LogP contribution in [0.1, 0.15) is 12.8 Å². The Kier molecular flexibility index (Phi) is 4.25. The maximum Gasteiger partial charge on any atom is 0.226 e. The number of rotatable bonds is 5. The first kappa shape index (κ1) is 12.5. The van der Waals surface area contributed by atoms with Gasteiger partial charge in [0.25, 0.3) is 0 Å². The van der Waals surface area contributed by atoms with Crippen molar-refractivity contribution in [3.05, 3.63) is 11.0 Å². The van der Waals surface area contributed by atoms with Crippen LogP contribution < -0.4 is 10.6 Å². The van der Waals surface area contributed by atoms with Gasteiger partial charge in [-0.1, -0.05) is 22.7 Å². The standard InChI is InChI=1S/C8H8N6O2S2/c15-5(11-7-13-9-3-17-7)1-2-6(16)12-8-14-10-4-18-8/h3-4H,1-2H2,(H,11,13,15)(H,12,14,16). The Hall–Kier alpha value is -1.94. The van der Waals surface area contributed by atoms with Gasteiger partial charge in [-0.3, -0.25) is 9.59 Å². The van der Waals surface area contributed by atoms with Crippen LogP contribution in [0, 0.1) is 0 Å². The third-order valence-electron chi connectivity index (χ3n) is 1.79. The lowest BCUT2D eigenvalue weighted by molar-refractivity contribution is -0.121. The largest absolute Gasteiger partial charge is 0.301 e. The van der Waals surface area contributed by atoms with Gasteiger partial charge in [-0.15, -0.1) is 20.4 Å². The molecule has 0 saturated heterocycles. The molecule has 0 unspecified atom stereocenters. The van der Waals surface area contributed by atoms with Gasteiger partial charge in [0.2, 0.25) is 22.1 Å². The topological polar surface area (TPSA) is 110 Å². The van der Waals surface area contributed by atoms with E-state index in [1.54, 1.807) is 0 Å². The highest BCUT2D eigenvalue weighted by atomic mass is 32.1. The number of hydrogen-bond acceptors (Lipinski definition) is 8. The van der Waals surface area contributed by atoms with Gasteiger partial charge in [0.1, 0.15) is 11.0 Å². The minimum atomic E-state index is -0.279. The number of carbonyl (C=O) groups is 2. The summed E-state index contributed by atoms with van der Waals surface area (Å²) in [5.41, 5.74) is 3.02. The molecule has 0 spiro atoms. The number of carbonyl (C=O) groups excluding carboxylic acids is 2. The number of nitrogens with zero attached hydrogens (tertiary/aromatic N) is 4. The van der Waals surface area contributed by atoms with E-state index in [4.69, 9.17) is 0 Å². The van der Waals surface area contributed by atoms with Crippen molar-refractivity contribution in [1.82, 2.24) is 20.4 Å². The van der Waals surface area contributed by atoms with Crippen molar-refractivity contribution in [3.8, 4) is 0 Å². The molecule has 0 aromatic carbocycles. The molecule has 94 valence electrons. The van der Waals surface area contributed by atoms with Crippen LogP contribution in [0.5, 0.6) is 0 Å². The Balaban J connectivity index is 1.71. The molecule has 10 heteroatoms. The second-order valence-electron chi connectivity index (χ2n) is 3.08. The van der Waals surface area contributed by atoms with Crippen LogP contribution in [0.2, 0.25) is 0 Å². The Morgan fingerprint density at radius 3 is 1.72 bits per heavy atom. The Bertz CT molecular complexity index is 463. The lowest BCUT2D eigenvalue weighted by Crippen LogP contribution is -2.17. The molecule has 2 aromatic rings. The maximum atomic E-state index is 11.4. The summed E-state index contributed by atoms with van der Waals surface area (Å²) in [6, 6.07) is 0. The molecule has 0 radical (unpaired) electrons. The van der Waals surface area contributed by atoms with Gasteiger partial charge in [0.15, 0.2) is 0 Å². The lowest BCUT2D eigenvalue weighted by Gasteiger charge is -2.01. The number of anilines is 2. The highest BCUT2D eigenvalue weighted by Crippen LogP contribution is 2.10. The van der Waals surface area contributed by atoms with E-state index in [9.17, 15) is 9.59 Å². The summed E-state index contributed by atoms with van der Waals surface area (Å²) >= 11 is 2.44. The molecule has 0 aliphatic rings. The summed E-state index contributed by atoms with van der Waals surface area (Å²) in [4.78, 5) is 22.9. The van der Waals surface area contributed by atoms with Crippen molar-refractivity contribution >= 4 is 44.8 Å². The molecular weight excluding hydrogens is 276 g/mol. The van der Waals surface area contributed by atoms with Crippen molar-refractivity contribution in [1.29, 1.82) is 0 Å². The van der Waals surface area contributed by atoms with Gasteiger partial charge >= 0.3 is 0 Å². The Morgan fingerprint density at radius 1 is 0.944 bits per heavy atom. The summed E-state index contributed by atoms with van der Waals surface area (Å²) in [5.74, 6) is -0.557. The second kappa shape index (κ2) is 6.12. The quantitative estimate of drug-likeness (QED) is 0.838. The highest BCUT2D eigenvalue weighted by molar-refractivity contribution is 7.13. The van der Waals surface area contributed by atoms with Gasteiger partial charge in [-0.25, -0.2) is 0 Å². The van der Waals surface area contributed by atoms with E-state index in [1.165, 1.54) is 33.7 Å². The molecule has 8 nitrogen and oxygen atoms in total. The van der Waals surface area contributed by atoms with E-state index in [2.05, 4.69) is 31.0 Å². The predicted molar refractivity (Wildman–Crippen MR) is 66.3 cm³/mol. The SMILES string of the molecule is O=C(CCC(=O)Nc1nncs1)Nc1nncs1. The number of nitrogens with one attached hydrogen (secondary N) is 2. The fourth-order valence-corrected chi connectivity index (χ4v) is 1.97. The first-order valence-electron chi connectivity index (χ1n) is 4.86. The van der Waals surface area contributed by atoms with Crippen LogP contribution in [0.25, 0.3) is 0 Å². The highest BCUT2D eigenvalue weighted by Gasteiger charge is 2.09. The normalized spacial score (nSPS) is 10.0. The molecule has 2 N–H and O–H groups in total. The molecule has 0 bridgehead atoms. The predicted octanol–water partition coefficient (Wildman–Crippen LogP) is 0.747. The van der Waals surface area contributed by atoms with Gasteiger partial charge in [-0.2, -0.15) is 0 Å². The van der Waals surface area contributed by atoms with Crippen molar-refractivity contribution in [2.24, 2.45) is 0 Å². The first-order chi connectivity index (χ1) is 8.74. The molecular formula is C8H8N6O2S2. The van der Waals surface area contributed by atoms with Crippen molar-refractivity contribution in [2.75, 3.05) is 10.6 Å². The Morgan fingerprint density at radius 2 is 1.39 bits per heavy atom. The average Bonchev–Trinajstić information content (AvgIpc) is 2.99. The van der Waals surface area contributed by atoms with E-state index in [-0.39, 0.29) is 24.7 Å². The number of amides is 2. The molecule has 2 amide bonds. The summed E-state index contributed by atoms with van der Waals surface area (Å²) in [7, 11) is 0. The minimum Gasteiger partial charge on any atom is -0.301 e. The fourth-order valence-electron chi connectivity index (χ4n) is 1.05. The van der Waals surface area contributed by atoms with Crippen LogP contribution >= 0.6 is 22.7 Å². The monoisotopic (exact) mass is 284 g/mol. The van der Waals surface area contributed by atoms with Crippen LogP contribution in [0.4, 0.5) is 10.3 Å². The maximum absolute atomic E-state index is 11.4. The molecule has 0 fully saturated rings. The third-order valence-corrected chi connectivity index (χ3v) is 3.01. The summed E-state index contributed by atoms with van der Waals surface area (Å²) in [6.45, 7) is 0. The second-order valence-corrected chi connectivity index (χ2v) is 4.75. The number of hydrogen-bond donors (Lipinski definition) is 2. The van der Waals surface area contributed by atoms with Crippen molar-refractivity contribution in [3.63, 3.8) is 0 Å². The van der Waals surface area contributed by atoms with Gasteiger partial charge < -0.3 is 10.6 Å². The van der Waals surface area contributed by atoms with Crippen LogP contribution in [-0.4, -0.2) is 32.2 Å². The average molecular weight is 284 g/mol. The zero-order valence-electron chi connectivity index (χ0n) is 8.99. The molecule has 2 rings (SSSR count). The van der Waals surface area contributed by atoms with Crippen molar-refractivity contribution in [2.45, 2.75) is 12.8 Å². The summed E-state index contributed by atoms with van der Waals surface area (Å²) in [6.07, 6.45) is 0.147. The van der Waals surface area contributed by atoms with Crippen molar-refractivity contribution < 1.29 is 9.59 Å². The third kappa shape index (κ3) is 3.82. The van der Waals surface area contributed by atoms with Gasteiger partial charge in [0, 0.05) is 12.8 Å². The lowest BCUT2D eigenvalue weighted by atomic mass is 10.3. The van der Waals surface area contributed by atoms with E-state index >= 15 is 0 Å². The molecule has 0 atom stereocenters. The van der Waals surface area contributed by atoms with E-state index in [0.29, 0.717) is 10.3 Å². The molecule has 2 heterocycles. The van der Waals surface area contributed by atoms with E-state index < -0.39 is 0 Å². The molecule has 18 heavy (non-hydrogen) atoms. The summed E-state index contributed by atoms with van der Waals surface area (Å²) < 4.78 is 0. The van der Waals surface area contributed by atoms with Crippen LogP contribution in [-0.2, 0) is 9.59 Å². The number of aromatic nitrogens is 4. The fraction of sp³-hybridized carbons (Fsp3) is 0.250. The molecule has 0 aliphatic carbocycles. The molecule has 2 aromatic heterocycles. The van der Waals surface area contributed by atoms with E-state index in [1.807, 2.05) is 0 Å². The van der Waals surface area contributed by atoms with Gasteiger partial charge in [-0.05, 0) is 0 Å². The van der Waals surface area contributed by atoms with E-state index in [0.717, 1.165) is 0 Å². The van der Waals surface area contributed by atoms with Crippen LogP contribution in [0.15, 0.2) is 11.0 Å². The summed E-state index contributed by atoms with van der Waals surface area (Å²) in [5, 5.41) is 20.4. The zero-order valence-corrected chi connectivity index (χ0v) is 10.6. The molecule has 0 saturated carbocycles. The smallest absolute Gasteiger partial charge is 0.226 e.